The molecule has 0 saturated heterocycles. The summed E-state index contributed by atoms with van der Waals surface area (Å²) in [5.74, 6) is 1.14. The van der Waals surface area contributed by atoms with Crippen molar-refractivity contribution < 1.29 is 12.9 Å². The highest BCUT2D eigenvalue weighted by Gasteiger charge is 2.34. The molecule has 5 heteroatoms. The summed E-state index contributed by atoms with van der Waals surface area (Å²) in [6.07, 6.45) is 0.373. The third kappa shape index (κ3) is 3.47. The van der Waals surface area contributed by atoms with Crippen molar-refractivity contribution in [2.45, 2.75) is 13.3 Å². The highest BCUT2D eigenvalue weighted by molar-refractivity contribution is 6.58. The SMILES string of the molecule is CC1CC1CN(C)C[B-](F)(F)F. The maximum atomic E-state index is 11.9. The van der Waals surface area contributed by atoms with E-state index in [9.17, 15) is 12.9 Å². The van der Waals surface area contributed by atoms with Crippen LogP contribution in [0.25, 0.3) is 0 Å². The standard InChI is InChI=1S/C7H14BF3N/c1-6-3-7(6)4-12(2)5-8(9,10)11/h6-7H,3-5H2,1-2H3/q-1. The van der Waals surface area contributed by atoms with Crippen molar-refractivity contribution in [1.82, 2.24) is 4.90 Å². The van der Waals surface area contributed by atoms with Crippen LogP contribution in [-0.4, -0.2) is 31.9 Å². The average molecular weight is 180 g/mol. The third-order valence-electron chi connectivity index (χ3n) is 2.34. The fourth-order valence-corrected chi connectivity index (χ4v) is 1.48. The van der Waals surface area contributed by atoms with E-state index in [1.165, 1.54) is 4.90 Å². The summed E-state index contributed by atoms with van der Waals surface area (Å²) >= 11 is 0. The molecule has 0 radical (unpaired) electrons. The van der Waals surface area contributed by atoms with Crippen LogP contribution in [-0.2, 0) is 0 Å². The quantitative estimate of drug-likeness (QED) is 0.597. The summed E-state index contributed by atoms with van der Waals surface area (Å²) in [6, 6.07) is 0. The Hall–Kier alpha value is -0.185. The van der Waals surface area contributed by atoms with E-state index in [0.29, 0.717) is 18.4 Å². The second-order valence-electron chi connectivity index (χ2n) is 3.90. The van der Waals surface area contributed by atoms with Gasteiger partial charge in [0.25, 0.3) is 0 Å². The number of halogens is 3. The zero-order valence-corrected chi connectivity index (χ0v) is 7.43. The number of nitrogens with zero attached hydrogens (tertiary/aromatic N) is 1. The molecule has 0 heterocycles. The maximum absolute atomic E-state index is 11.9. The molecule has 0 spiro atoms. The minimum Gasteiger partial charge on any atom is -0.448 e. The molecule has 0 bridgehead atoms. The van der Waals surface area contributed by atoms with Gasteiger partial charge in [-0.2, -0.15) is 0 Å². The van der Waals surface area contributed by atoms with E-state index in [4.69, 9.17) is 0 Å². The van der Waals surface area contributed by atoms with Crippen LogP contribution in [0.3, 0.4) is 0 Å². The van der Waals surface area contributed by atoms with Gasteiger partial charge in [-0.25, -0.2) is 0 Å². The van der Waals surface area contributed by atoms with Crippen LogP contribution in [0.15, 0.2) is 0 Å². The molecule has 0 N–H and O–H groups in total. The van der Waals surface area contributed by atoms with Crippen LogP contribution in [0.1, 0.15) is 13.3 Å². The average Bonchev–Trinajstić information content (AvgIpc) is 2.40. The van der Waals surface area contributed by atoms with Gasteiger partial charge in [0, 0.05) is 0 Å². The lowest BCUT2D eigenvalue weighted by molar-refractivity contribution is 0.313. The zero-order chi connectivity index (χ0) is 9.35. The summed E-state index contributed by atoms with van der Waals surface area (Å²) < 4.78 is 35.7. The van der Waals surface area contributed by atoms with Crippen molar-refractivity contribution in [3.8, 4) is 0 Å². The minimum atomic E-state index is -4.64. The van der Waals surface area contributed by atoms with Gasteiger partial charge in [0.15, 0.2) is 0 Å². The molecule has 2 unspecified atom stereocenters. The van der Waals surface area contributed by atoms with Gasteiger partial charge in [-0.15, -0.1) is 0 Å². The Bertz CT molecular complexity index is 159. The number of hydrogen-bond acceptors (Lipinski definition) is 1. The van der Waals surface area contributed by atoms with Crippen LogP contribution >= 0.6 is 0 Å². The molecule has 0 aliphatic heterocycles. The van der Waals surface area contributed by atoms with Gasteiger partial charge in [0.05, 0.1) is 0 Å². The Morgan fingerprint density at radius 3 is 2.25 bits per heavy atom. The van der Waals surface area contributed by atoms with Crippen molar-refractivity contribution in [3.05, 3.63) is 0 Å². The van der Waals surface area contributed by atoms with Crippen LogP contribution in [0, 0.1) is 11.8 Å². The van der Waals surface area contributed by atoms with Gasteiger partial charge >= 0.3 is 6.98 Å². The normalized spacial score (nSPS) is 29.5. The Kier molecular flexibility index (Phi) is 2.71. The van der Waals surface area contributed by atoms with Crippen LogP contribution in [0.4, 0.5) is 12.9 Å². The molecule has 1 aliphatic rings. The summed E-state index contributed by atoms with van der Waals surface area (Å²) in [5, 5.41) is 0. The first kappa shape index (κ1) is 9.90. The number of hydrogen-bond donors (Lipinski definition) is 0. The van der Waals surface area contributed by atoms with Crippen LogP contribution in [0.2, 0.25) is 0 Å². The van der Waals surface area contributed by atoms with E-state index < -0.39 is 13.4 Å². The van der Waals surface area contributed by atoms with E-state index in [1.54, 1.807) is 7.05 Å². The van der Waals surface area contributed by atoms with E-state index in [0.717, 1.165) is 6.42 Å². The highest BCUT2D eigenvalue weighted by Crippen LogP contribution is 2.38. The van der Waals surface area contributed by atoms with E-state index >= 15 is 0 Å². The van der Waals surface area contributed by atoms with Crippen LogP contribution < -0.4 is 0 Å². The van der Waals surface area contributed by atoms with Gasteiger partial charge in [0.1, 0.15) is 0 Å². The lowest BCUT2D eigenvalue weighted by Crippen LogP contribution is -2.36. The first-order chi connectivity index (χ1) is 5.38. The van der Waals surface area contributed by atoms with Gasteiger partial charge in [-0.3, -0.25) is 0 Å². The number of rotatable bonds is 4. The molecule has 0 aromatic heterocycles. The fourth-order valence-electron chi connectivity index (χ4n) is 1.48. The lowest BCUT2D eigenvalue weighted by atomic mass is 9.91. The molecule has 1 saturated carbocycles. The molecule has 1 rings (SSSR count). The van der Waals surface area contributed by atoms with Crippen LogP contribution in [0.5, 0.6) is 0 Å². The Morgan fingerprint density at radius 2 is 1.92 bits per heavy atom. The van der Waals surface area contributed by atoms with E-state index in [2.05, 4.69) is 6.92 Å². The van der Waals surface area contributed by atoms with Gasteiger partial charge in [0.2, 0.25) is 0 Å². The maximum Gasteiger partial charge on any atom is 0.492 e. The van der Waals surface area contributed by atoms with Gasteiger partial charge < -0.3 is 17.8 Å². The monoisotopic (exact) mass is 180 g/mol. The van der Waals surface area contributed by atoms with E-state index in [-0.39, 0.29) is 0 Å². The molecule has 0 amide bonds. The van der Waals surface area contributed by atoms with Crippen molar-refractivity contribution in [3.63, 3.8) is 0 Å². The minimum absolute atomic E-state index is 0.508. The Morgan fingerprint density at radius 1 is 1.42 bits per heavy atom. The first-order valence-electron chi connectivity index (χ1n) is 4.28. The first-order valence-corrected chi connectivity index (χ1v) is 4.28. The molecule has 72 valence electrons. The summed E-state index contributed by atoms with van der Waals surface area (Å²) in [4.78, 5) is 1.38. The molecule has 1 fully saturated rings. The van der Waals surface area contributed by atoms with Gasteiger partial charge in [-0.05, 0) is 38.3 Å². The predicted molar refractivity (Wildman–Crippen MR) is 43.8 cm³/mol. The Balaban J connectivity index is 2.16. The van der Waals surface area contributed by atoms with Crippen molar-refractivity contribution >= 4 is 6.98 Å². The third-order valence-corrected chi connectivity index (χ3v) is 2.34. The van der Waals surface area contributed by atoms with Crippen molar-refractivity contribution in [2.24, 2.45) is 11.8 Å². The molecular weight excluding hydrogens is 166 g/mol. The van der Waals surface area contributed by atoms with Crippen molar-refractivity contribution in [1.29, 1.82) is 0 Å². The zero-order valence-electron chi connectivity index (χ0n) is 7.43. The molecular formula is C7H14BF3N-. The molecule has 1 nitrogen and oxygen atoms in total. The fraction of sp³-hybridized carbons (Fsp3) is 1.00. The highest BCUT2D eigenvalue weighted by atomic mass is 19.4. The Labute approximate surface area is 71.0 Å². The smallest absolute Gasteiger partial charge is 0.448 e. The molecule has 2 atom stereocenters. The predicted octanol–water partition coefficient (Wildman–Crippen LogP) is 1.96. The molecule has 12 heavy (non-hydrogen) atoms. The second-order valence-corrected chi connectivity index (χ2v) is 3.90. The lowest BCUT2D eigenvalue weighted by Gasteiger charge is -2.23. The molecule has 0 aromatic rings. The topological polar surface area (TPSA) is 3.24 Å². The molecule has 0 aromatic carbocycles. The largest absolute Gasteiger partial charge is 0.492 e. The molecule has 1 aliphatic carbocycles. The van der Waals surface area contributed by atoms with Gasteiger partial charge in [-0.1, -0.05) is 6.92 Å². The summed E-state index contributed by atoms with van der Waals surface area (Å²) in [5.41, 5.74) is 0. The summed E-state index contributed by atoms with van der Waals surface area (Å²) in [7, 11) is 1.54. The van der Waals surface area contributed by atoms with E-state index in [1.807, 2.05) is 0 Å². The van der Waals surface area contributed by atoms with Crippen molar-refractivity contribution in [2.75, 3.05) is 20.0 Å². The summed E-state index contributed by atoms with van der Waals surface area (Å²) in [6.45, 7) is -1.96. The second kappa shape index (κ2) is 3.28.